The normalized spacial score (nSPS) is 12.0. The quantitative estimate of drug-likeness (QED) is 0.185. The van der Waals surface area contributed by atoms with Crippen LogP contribution in [-0.2, 0) is 0 Å². The number of carbonyl (C=O) groups is 2. The lowest BCUT2D eigenvalue weighted by atomic mass is 10.1. The summed E-state index contributed by atoms with van der Waals surface area (Å²) < 4.78 is 43.3. The van der Waals surface area contributed by atoms with E-state index in [-0.39, 0.29) is 17.5 Å². The summed E-state index contributed by atoms with van der Waals surface area (Å²) in [5.41, 5.74) is 4.51. The Morgan fingerprint density at radius 1 is 0.953 bits per heavy atom. The Kier molecular flexibility index (Phi) is 8.02. The van der Waals surface area contributed by atoms with E-state index >= 15 is 0 Å². The monoisotopic (exact) mass is 588 g/mol. The average Bonchev–Trinajstić information content (AvgIpc) is 3.31. The number of hydrogen-bond donors (Lipinski definition) is 3. The molecule has 0 aliphatic heterocycles. The fourth-order valence-corrected chi connectivity index (χ4v) is 4.58. The molecule has 5 rings (SSSR count). The summed E-state index contributed by atoms with van der Waals surface area (Å²) in [6.07, 6.45) is -1.87. The number of rotatable bonds is 8. The summed E-state index contributed by atoms with van der Waals surface area (Å²) in [4.78, 5) is 30.4. The van der Waals surface area contributed by atoms with Gasteiger partial charge in [0.1, 0.15) is 17.6 Å². The van der Waals surface area contributed by atoms with Gasteiger partial charge in [0.05, 0.1) is 11.6 Å². The van der Waals surface area contributed by atoms with Gasteiger partial charge in [-0.1, -0.05) is 42.5 Å². The first-order valence-electron chi connectivity index (χ1n) is 13.2. The van der Waals surface area contributed by atoms with Crippen LogP contribution in [0.1, 0.15) is 50.4 Å². The maximum Gasteiger partial charge on any atom is 0.573 e. The number of nitrogens with zero attached hydrogens (tertiary/aromatic N) is 3. The van der Waals surface area contributed by atoms with E-state index in [2.05, 4.69) is 30.8 Å². The molecule has 2 heterocycles. The zero-order chi connectivity index (χ0) is 30.7. The van der Waals surface area contributed by atoms with Gasteiger partial charge in [0.15, 0.2) is 5.82 Å². The number of alkyl halides is 3. The molecule has 2 amide bonds. The standard InChI is InChI=1S/C31H27F3N6O3/c1-18-12-13-23(38-29(41)22-10-7-11-24(14-22)43-31(32,33)34)15-26(18)39-28-27-19(2)25(16-40(27)36-17-35-28)30(42)37-20(3)21-8-5-4-6-9-21/h4-17,20H,1-3H3,(H,37,42)(H,38,41)(H,35,36,39)/t20-/m0/s1. The molecule has 220 valence electrons. The van der Waals surface area contributed by atoms with Gasteiger partial charge in [0, 0.05) is 23.1 Å². The van der Waals surface area contributed by atoms with Crippen molar-refractivity contribution in [1.29, 1.82) is 0 Å². The van der Waals surface area contributed by atoms with Gasteiger partial charge in [0.2, 0.25) is 0 Å². The molecule has 43 heavy (non-hydrogen) atoms. The Balaban J connectivity index is 1.36. The SMILES string of the molecule is Cc1ccc(NC(=O)c2cccc(OC(F)(F)F)c2)cc1Nc1ncnn2cc(C(=O)N[C@@H](C)c3ccccc3)c(C)c12. The van der Waals surface area contributed by atoms with Gasteiger partial charge in [0.25, 0.3) is 11.8 Å². The molecule has 3 aromatic carbocycles. The van der Waals surface area contributed by atoms with Crippen molar-refractivity contribution in [2.24, 2.45) is 0 Å². The van der Waals surface area contributed by atoms with Gasteiger partial charge in [-0.25, -0.2) is 9.50 Å². The van der Waals surface area contributed by atoms with Crippen LogP contribution in [0.5, 0.6) is 5.75 Å². The molecule has 9 nitrogen and oxygen atoms in total. The number of halogens is 3. The van der Waals surface area contributed by atoms with Crippen LogP contribution in [0.25, 0.3) is 5.52 Å². The van der Waals surface area contributed by atoms with Crippen LogP contribution in [0.3, 0.4) is 0 Å². The molecule has 0 saturated heterocycles. The van der Waals surface area contributed by atoms with Crippen molar-refractivity contribution >= 4 is 34.5 Å². The molecule has 0 spiro atoms. The second-order valence-corrected chi connectivity index (χ2v) is 9.86. The summed E-state index contributed by atoms with van der Waals surface area (Å²) in [6, 6.07) is 19.3. The minimum Gasteiger partial charge on any atom is -0.406 e. The first kappa shape index (κ1) is 29.1. The third-order valence-electron chi connectivity index (χ3n) is 6.80. The zero-order valence-corrected chi connectivity index (χ0v) is 23.4. The first-order valence-corrected chi connectivity index (χ1v) is 13.2. The fourth-order valence-electron chi connectivity index (χ4n) is 4.58. The topological polar surface area (TPSA) is 110 Å². The van der Waals surface area contributed by atoms with E-state index in [1.807, 2.05) is 51.1 Å². The molecule has 0 saturated carbocycles. The van der Waals surface area contributed by atoms with Gasteiger partial charge < -0.3 is 20.7 Å². The van der Waals surface area contributed by atoms with Crippen LogP contribution in [0, 0.1) is 13.8 Å². The van der Waals surface area contributed by atoms with Crippen molar-refractivity contribution in [1.82, 2.24) is 19.9 Å². The Labute approximate surface area is 244 Å². The summed E-state index contributed by atoms with van der Waals surface area (Å²) in [5, 5.41) is 13.3. The highest BCUT2D eigenvalue weighted by Gasteiger charge is 2.31. The third-order valence-corrected chi connectivity index (χ3v) is 6.80. The van der Waals surface area contributed by atoms with E-state index < -0.39 is 18.0 Å². The summed E-state index contributed by atoms with van der Waals surface area (Å²) in [7, 11) is 0. The molecule has 0 fully saturated rings. The summed E-state index contributed by atoms with van der Waals surface area (Å²) >= 11 is 0. The lowest BCUT2D eigenvalue weighted by Gasteiger charge is -2.14. The second-order valence-electron chi connectivity index (χ2n) is 9.86. The van der Waals surface area contributed by atoms with Crippen LogP contribution in [-0.4, -0.2) is 32.8 Å². The molecule has 0 aliphatic rings. The largest absolute Gasteiger partial charge is 0.573 e. The van der Waals surface area contributed by atoms with Gasteiger partial charge in [-0.15, -0.1) is 13.2 Å². The molecule has 5 aromatic rings. The Morgan fingerprint density at radius 3 is 2.47 bits per heavy atom. The zero-order valence-electron chi connectivity index (χ0n) is 23.4. The number of nitrogens with one attached hydrogen (secondary N) is 3. The Morgan fingerprint density at radius 2 is 1.72 bits per heavy atom. The molecule has 12 heteroatoms. The number of fused-ring (bicyclic) bond motifs is 1. The van der Waals surface area contributed by atoms with E-state index in [0.717, 1.165) is 23.3 Å². The number of benzene rings is 3. The fraction of sp³-hybridized carbons (Fsp3) is 0.161. The van der Waals surface area contributed by atoms with E-state index in [0.29, 0.717) is 33.8 Å². The number of aromatic nitrogens is 3. The van der Waals surface area contributed by atoms with Gasteiger partial charge in [-0.05, 0) is 67.8 Å². The third kappa shape index (κ3) is 6.75. The Hall–Kier alpha value is -5.39. The number of aryl methyl sites for hydroxylation is 2. The van der Waals surface area contributed by atoms with E-state index in [9.17, 15) is 22.8 Å². The van der Waals surface area contributed by atoms with Crippen molar-refractivity contribution in [2.75, 3.05) is 10.6 Å². The van der Waals surface area contributed by atoms with Crippen molar-refractivity contribution in [2.45, 2.75) is 33.2 Å². The highest BCUT2D eigenvalue weighted by Crippen LogP contribution is 2.29. The summed E-state index contributed by atoms with van der Waals surface area (Å²) in [5.74, 6) is -0.930. The number of amides is 2. The smallest absolute Gasteiger partial charge is 0.406 e. The maximum atomic E-state index is 13.2. The van der Waals surface area contributed by atoms with E-state index in [1.54, 1.807) is 28.9 Å². The lowest BCUT2D eigenvalue weighted by molar-refractivity contribution is -0.274. The number of ether oxygens (including phenoxy) is 1. The molecule has 1 atom stereocenters. The molecule has 0 aliphatic carbocycles. The predicted molar refractivity (Wildman–Crippen MR) is 156 cm³/mol. The van der Waals surface area contributed by atoms with Gasteiger partial charge >= 0.3 is 6.36 Å². The van der Waals surface area contributed by atoms with Crippen molar-refractivity contribution in [3.8, 4) is 5.75 Å². The molecular weight excluding hydrogens is 561 g/mol. The van der Waals surface area contributed by atoms with E-state index in [4.69, 9.17) is 0 Å². The van der Waals surface area contributed by atoms with Crippen molar-refractivity contribution in [3.05, 3.63) is 113 Å². The number of hydrogen-bond acceptors (Lipinski definition) is 6. The van der Waals surface area contributed by atoms with Crippen LogP contribution < -0.4 is 20.7 Å². The summed E-state index contributed by atoms with van der Waals surface area (Å²) in [6.45, 7) is 5.58. The van der Waals surface area contributed by atoms with Crippen LogP contribution >= 0.6 is 0 Å². The molecule has 2 aromatic heterocycles. The number of anilines is 3. The molecule has 0 radical (unpaired) electrons. The van der Waals surface area contributed by atoms with Crippen LogP contribution in [0.2, 0.25) is 0 Å². The first-order chi connectivity index (χ1) is 20.5. The molecule has 3 N–H and O–H groups in total. The predicted octanol–water partition coefficient (Wildman–Crippen LogP) is 6.73. The molecular formula is C31H27F3N6O3. The molecule has 0 unspecified atom stereocenters. The highest BCUT2D eigenvalue weighted by atomic mass is 19.4. The van der Waals surface area contributed by atoms with E-state index in [1.165, 1.54) is 18.5 Å². The van der Waals surface area contributed by atoms with Crippen molar-refractivity contribution in [3.63, 3.8) is 0 Å². The minimum absolute atomic E-state index is 0.00876. The van der Waals surface area contributed by atoms with Gasteiger partial charge in [-0.2, -0.15) is 5.10 Å². The minimum atomic E-state index is -4.87. The van der Waals surface area contributed by atoms with Crippen LogP contribution in [0.15, 0.2) is 85.3 Å². The van der Waals surface area contributed by atoms with Crippen LogP contribution in [0.4, 0.5) is 30.4 Å². The maximum absolute atomic E-state index is 13.2. The molecule has 0 bridgehead atoms. The van der Waals surface area contributed by atoms with Gasteiger partial charge in [-0.3, -0.25) is 9.59 Å². The number of carbonyl (C=O) groups excluding carboxylic acids is 2. The Bertz CT molecular complexity index is 1800. The average molecular weight is 589 g/mol. The highest BCUT2D eigenvalue weighted by molar-refractivity contribution is 6.05. The van der Waals surface area contributed by atoms with Crippen molar-refractivity contribution < 1.29 is 27.5 Å². The second kappa shape index (κ2) is 11.8. The lowest BCUT2D eigenvalue weighted by Crippen LogP contribution is -2.26.